The van der Waals surface area contributed by atoms with E-state index in [9.17, 15) is 4.39 Å². The van der Waals surface area contributed by atoms with E-state index in [-0.39, 0.29) is 5.82 Å². The van der Waals surface area contributed by atoms with Crippen LogP contribution in [0.4, 0.5) is 21.7 Å². The van der Waals surface area contributed by atoms with E-state index in [2.05, 4.69) is 48.6 Å². The van der Waals surface area contributed by atoms with E-state index in [4.69, 9.17) is 4.98 Å². The molecule has 0 bridgehead atoms. The molecule has 4 aromatic rings. The first-order valence-corrected chi connectivity index (χ1v) is 10.6. The molecule has 6 rings (SSSR count). The molecule has 0 amide bonds. The predicted molar refractivity (Wildman–Crippen MR) is 117 cm³/mol. The van der Waals surface area contributed by atoms with Crippen LogP contribution in [0.2, 0.25) is 0 Å². The first kappa shape index (κ1) is 18.2. The Morgan fingerprint density at radius 1 is 1.06 bits per heavy atom. The number of anilines is 3. The molecule has 1 atom stereocenters. The second-order valence-corrected chi connectivity index (χ2v) is 8.25. The summed E-state index contributed by atoms with van der Waals surface area (Å²) < 4.78 is 16.0. The normalized spacial score (nSPS) is 18.2. The number of fused-ring (bicyclic) bond motifs is 3. The summed E-state index contributed by atoms with van der Waals surface area (Å²) in [5, 5.41) is 5.23. The van der Waals surface area contributed by atoms with Crippen LogP contribution in [0.1, 0.15) is 30.6 Å². The molecule has 0 saturated heterocycles. The zero-order chi connectivity index (χ0) is 20.9. The fraction of sp³-hybridized carbons (Fsp3) is 0.304. The SMILES string of the molecule is CC1CCN(c2cnc3c(c2)CN(c2ncnc4ccc(F)cc24)CC3)c2ccnn21. The summed E-state index contributed by atoms with van der Waals surface area (Å²) in [6.45, 7) is 4.61. The molecule has 3 aromatic heterocycles. The lowest BCUT2D eigenvalue weighted by Gasteiger charge is -2.34. The molecule has 5 heterocycles. The summed E-state index contributed by atoms with van der Waals surface area (Å²) in [4.78, 5) is 18.0. The number of rotatable bonds is 2. The zero-order valence-corrected chi connectivity index (χ0v) is 17.2. The van der Waals surface area contributed by atoms with Crippen LogP contribution in [-0.2, 0) is 13.0 Å². The monoisotopic (exact) mass is 415 g/mol. The second-order valence-electron chi connectivity index (χ2n) is 8.25. The van der Waals surface area contributed by atoms with Gasteiger partial charge >= 0.3 is 0 Å². The number of hydrogen-bond acceptors (Lipinski definition) is 6. The average molecular weight is 415 g/mol. The van der Waals surface area contributed by atoms with Gasteiger partial charge in [0, 0.05) is 43.2 Å². The van der Waals surface area contributed by atoms with Crippen LogP contribution in [0.15, 0.2) is 49.1 Å². The van der Waals surface area contributed by atoms with Crippen LogP contribution < -0.4 is 9.80 Å². The molecule has 156 valence electrons. The van der Waals surface area contributed by atoms with Gasteiger partial charge in [0.05, 0.1) is 29.6 Å². The fourth-order valence-corrected chi connectivity index (χ4v) is 4.68. The van der Waals surface area contributed by atoms with Gasteiger partial charge in [0.1, 0.15) is 23.8 Å². The second kappa shape index (κ2) is 7.01. The van der Waals surface area contributed by atoms with E-state index >= 15 is 0 Å². The summed E-state index contributed by atoms with van der Waals surface area (Å²) in [5.41, 5.74) is 4.12. The summed E-state index contributed by atoms with van der Waals surface area (Å²) in [6.07, 6.45) is 7.24. The first-order valence-electron chi connectivity index (χ1n) is 10.6. The Morgan fingerprint density at radius 2 is 2.00 bits per heavy atom. The Balaban J connectivity index is 1.36. The molecule has 0 fully saturated rings. The van der Waals surface area contributed by atoms with Crippen molar-refractivity contribution in [3.8, 4) is 0 Å². The third-order valence-corrected chi connectivity index (χ3v) is 6.33. The maximum atomic E-state index is 13.9. The molecule has 2 aliphatic rings. The van der Waals surface area contributed by atoms with Crippen molar-refractivity contribution in [1.82, 2.24) is 24.7 Å². The van der Waals surface area contributed by atoms with Crippen molar-refractivity contribution in [2.45, 2.75) is 32.4 Å². The number of nitrogens with zero attached hydrogens (tertiary/aromatic N) is 7. The van der Waals surface area contributed by atoms with Crippen LogP contribution in [0.5, 0.6) is 0 Å². The predicted octanol–water partition coefficient (Wildman–Crippen LogP) is 4.03. The van der Waals surface area contributed by atoms with E-state index in [0.717, 1.165) is 59.9 Å². The number of hydrogen-bond donors (Lipinski definition) is 0. The lowest BCUT2D eigenvalue weighted by molar-refractivity contribution is 0.436. The number of aromatic nitrogens is 5. The first-order chi connectivity index (χ1) is 15.2. The molecular formula is C23H22FN7. The molecule has 0 N–H and O–H groups in total. The van der Waals surface area contributed by atoms with Gasteiger partial charge in [-0.15, -0.1) is 0 Å². The van der Waals surface area contributed by atoms with Crippen molar-refractivity contribution >= 4 is 28.2 Å². The number of halogens is 1. The highest BCUT2D eigenvalue weighted by molar-refractivity contribution is 5.89. The highest BCUT2D eigenvalue weighted by Crippen LogP contribution is 2.35. The van der Waals surface area contributed by atoms with Gasteiger partial charge in [0.15, 0.2) is 0 Å². The van der Waals surface area contributed by atoms with Crippen molar-refractivity contribution in [3.63, 3.8) is 0 Å². The summed E-state index contributed by atoms with van der Waals surface area (Å²) in [6, 6.07) is 9.34. The lowest BCUT2D eigenvalue weighted by atomic mass is 10.0. The van der Waals surface area contributed by atoms with E-state index < -0.39 is 0 Å². The zero-order valence-electron chi connectivity index (χ0n) is 17.2. The van der Waals surface area contributed by atoms with Crippen LogP contribution >= 0.6 is 0 Å². The van der Waals surface area contributed by atoms with Gasteiger partial charge in [-0.2, -0.15) is 5.10 Å². The van der Waals surface area contributed by atoms with Crippen LogP contribution in [0, 0.1) is 5.82 Å². The fourth-order valence-electron chi connectivity index (χ4n) is 4.68. The number of benzene rings is 1. The van der Waals surface area contributed by atoms with Crippen molar-refractivity contribution in [2.75, 3.05) is 22.9 Å². The van der Waals surface area contributed by atoms with Gasteiger partial charge in [0.25, 0.3) is 0 Å². The molecule has 0 radical (unpaired) electrons. The van der Waals surface area contributed by atoms with Crippen molar-refractivity contribution in [3.05, 3.63) is 66.1 Å². The van der Waals surface area contributed by atoms with E-state index in [1.807, 2.05) is 12.4 Å². The number of pyridine rings is 1. The van der Waals surface area contributed by atoms with E-state index in [1.54, 1.807) is 12.4 Å². The largest absolute Gasteiger partial charge is 0.351 e. The van der Waals surface area contributed by atoms with Gasteiger partial charge in [-0.05, 0) is 43.2 Å². The Labute approximate surface area is 179 Å². The highest BCUT2D eigenvalue weighted by atomic mass is 19.1. The van der Waals surface area contributed by atoms with E-state index in [1.165, 1.54) is 17.7 Å². The van der Waals surface area contributed by atoms with Crippen LogP contribution in [-0.4, -0.2) is 37.8 Å². The van der Waals surface area contributed by atoms with Gasteiger partial charge in [-0.3, -0.25) is 4.98 Å². The standard InChI is InChI=1S/C23H22FN7/c1-15-5-9-30(22-4-7-28-31(15)22)18-10-16-13-29(8-6-20(16)25-12-18)23-19-11-17(24)2-3-21(19)26-14-27-23/h2-4,7,10-12,14-15H,5-6,8-9,13H2,1H3. The molecule has 0 aliphatic carbocycles. The summed E-state index contributed by atoms with van der Waals surface area (Å²) in [7, 11) is 0. The van der Waals surface area contributed by atoms with Crippen LogP contribution in [0.3, 0.4) is 0 Å². The van der Waals surface area contributed by atoms with Crippen molar-refractivity contribution in [1.29, 1.82) is 0 Å². The minimum absolute atomic E-state index is 0.277. The van der Waals surface area contributed by atoms with E-state index in [0.29, 0.717) is 12.6 Å². The Hall–Kier alpha value is -3.55. The smallest absolute Gasteiger partial charge is 0.140 e. The maximum Gasteiger partial charge on any atom is 0.140 e. The molecule has 2 aliphatic heterocycles. The average Bonchev–Trinajstić information content (AvgIpc) is 3.29. The third kappa shape index (κ3) is 3.01. The molecule has 1 aromatic carbocycles. The molecule has 0 saturated carbocycles. The molecule has 0 spiro atoms. The highest BCUT2D eigenvalue weighted by Gasteiger charge is 2.26. The summed E-state index contributed by atoms with van der Waals surface area (Å²) >= 11 is 0. The quantitative estimate of drug-likeness (QED) is 0.493. The minimum Gasteiger partial charge on any atom is -0.351 e. The Kier molecular flexibility index (Phi) is 4.12. The molecule has 31 heavy (non-hydrogen) atoms. The van der Waals surface area contributed by atoms with Gasteiger partial charge < -0.3 is 9.80 Å². The molecular weight excluding hydrogens is 393 g/mol. The summed E-state index contributed by atoms with van der Waals surface area (Å²) in [5.74, 6) is 1.59. The minimum atomic E-state index is -0.277. The Morgan fingerprint density at radius 3 is 2.94 bits per heavy atom. The van der Waals surface area contributed by atoms with Gasteiger partial charge in [0.2, 0.25) is 0 Å². The lowest BCUT2D eigenvalue weighted by Crippen LogP contribution is -2.33. The van der Waals surface area contributed by atoms with Gasteiger partial charge in [-0.25, -0.2) is 19.0 Å². The third-order valence-electron chi connectivity index (χ3n) is 6.33. The van der Waals surface area contributed by atoms with Crippen molar-refractivity contribution < 1.29 is 4.39 Å². The topological polar surface area (TPSA) is 63.0 Å². The van der Waals surface area contributed by atoms with Crippen molar-refractivity contribution in [2.24, 2.45) is 0 Å². The Bertz CT molecular complexity index is 1280. The molecule has 8 heteroatoms. The molecule has 7 nitrogen and oxygen atoms in total. The maximum absolute atomic E-state index is 13.9. The van der Waals surface area contributed by atoms with Gasteiger partial charge in [-0.1, -0.05) is 0 Å². The molecule has 1 unspecified atom stereocenters. The van der Waals surface area contributed by atoms with Crippen LogP contribution in [0.25, 0.3) is 10.9 Å².